The summed E-state index contributed by atoms with van der Waals surface area (Å²) in [6.45, 7) is 1.84. The van der Waals surface area contributed by atoms with Gasteiger partial charge in [0.15, 0.2) is 6.61 Å². The monoisotopic (exact) mass is 405 g/mol. The van der Waals surface area contributed by atoms with Crippen LogP contribution in [0.4, 0.5) is 10.1 Å². The second kappa shape index (κ2) is 9.28. The van der Waals surface area contributed by atoms with E-state index in [4.69, 9.17) is 4.74 Å². The molecule has 0 aromatic heterocycles. The normalized spacial score (nSPS) is 14.1. The van der Waals surface area contributed by atoms with Crippen LogP contribution in [0, 0.1) is 5.82 Å². The molecule has 3 rings (SSSR count). The first-order chi connectivity index (χ1) is 13.1. The maximum atomic E-state index is 13.0. The van der Waals surface area contributed by atoms with Crippen LogP contribution >= 0.6 is 23.5 Å². The van der Waals surface area contributed by atoms with E-state index in [1.165, 1.54) is 34.7 Å². The molecule has 0 spiro atoms. The highest BCUT2D eigenvalue weighted by molar-refractivity contribution is 8.19. The standard InChI is InChI=1S/C20H20FNO3S2/c1-2-22(17-9-7-16(21)8-10-17)18(23)13-25-19(24)14-3-5-15(6-4-14)20-26-11-12-27-20/h3-10,20H,2,11-13H2,1H3. The Morgan fingerprint density at radius 2 is 1.70 bits per heavy atom. The highest BCUT2D eigenvalue weighted by Gasteiger charge is 2.20. The quantitative estimate of drug-likeness (QED) is 0.662. The van der Waals surface area contributed by atoms with Gasteiger partial charge in [-0.25, -0.2) is 9.18 Å². The third-order valence-corrected chi connectivity index (χ3v) is 7.23. The van der Waals surface area contributed by atoms with Gasteiger partial charge in [0.2, 0.25) is 0 Å². The van der Waals surface area contributed by atoms with Crippen molar-refractivity contribution >= 4 is 41.1 Å². The summed E-state index contributed by atoms with van der Waals surface area (Å²) >= 11 is 3.80. The molecule has 1 saturated heterocycles. The number of thioether (sulfide) groups is 2. The van der Waals surface area contributed by atoms with Crippen molar-refractivity contribution in [3.63, 3.8) is 0 Å². The number of hydrogen-bond donors (Lipinski definition) is 0. The molecular weight excluding hydrogens is 385 g/mol. The number of carbonyl (C=O) groups excluding carboxylic acids is 2. The van der Waals surface area contributed by atoms with Crippen molar-refractivity contribution in [2.45, 2.75) is 11.5 Å². The topological polar surface area (TPSA) is 46.6 Å². The van der Waals surface area contributed by atoms with Gasteiger partial charge in [0.1, 0.15) is 5.82 Å². The maximum absolute atomic E-state index is 13.0. The number of nitrogens with zero attached hydrogens (tertiary/aromatic N) is 1. The Morgan fingerprint density at radius 3 is 2.30 bits per heavy atom. The van der Waals surface area contributed by atoms with Gasteiger partial charge in [-0.2, -0.15) is 0 Å². The van der Waals surface area contributed by atoms with Crippen LogP contribution < -0.4 is 4.90 Å². The summed E-state index contributed by atoms with van der Waals surface area (Å²) in [5, 5.41) is 0. The number of amides is 1. The lowest BCUT2D eigenvalue weighted by atomic mass is 10.1. The molecule has 0 bridgehead atoms. The number of likely N-dealkylation sites (N-methyl/N-ethyl adjacent to an activating group) is 1. The van der Waals surface area contributed by atoms with Crippen LogP contribution in [0.2, 0.25) is 0 Å². The van der Waals surface area contributed by atoms with Crippen LogP contribution in [0.25, 0.3) is 0 Å². The summed E-state index contributed by atoms with van der Waals surface area (Å²) in [6, 6.07) is 13.0. The number of hydrogen-bond acceptors (Lipinski definition) is 5. The van der Waals surface area contributed by atoms with Crippen LogP contribution in [0.5, 0.6) is 0 Å². The number of benzene rings is 2. The molecule has 1 heterocycles. The first-order valence-corrected chi connectivity index (χ1v) is 10.7. The van der Waals surface area contributed by atoms with Gasteiger partial charge in [-0.3, -0.25) is 4.79 Å². The molecule has 0 unspecified atom stereocenters. The fraction of sp³-hybridized carbons (Fsp3) is 0.300. The number of rotatable bonds is 6. The number of halogens is 1. The Morgan fingerprint density at radius 1 is 1.07 bits per heavy atom. The molecule has 2 aromatic carbocycles. The van der Waals surface area contributed by atoms with Crippen LogP contribution in [-0.4, -0.2) is 36.5 Å². The Bertz CT molecular complexity index is 790. The van der Waals surface area contributed by atoms with Gasteiger partial charge in [-0.05, 0) is 48.9 Å². The molecule has 0 saturated carbocycles. The summed E-state index contributed by atoms with van der Waals surface area (Å²) in [6.07, 6.45) is 0. The summed E-state index contributed by atoms with van der Waals surface area (Å²) < 4.78 is 18.6. The van der Waals surface area contributed by atoms with Gasteiger partial charge >= 0.3 is 5.97 Å². The number of esters is 1. The minimum Gasteiger partial charge on any atom is -0.452 e. The van der Waals surface area contributed by atoms with E-state index >= 15 is 0 Å². The lowest BCUT2D eigenvalue weighted by Gasteiger charge is -2.20. The minimum atomic E-state index is -0.531. The summed E-state index contributed by atoms with van der Waals surface area (Å²) in [4.78, 5) is 26.0. The van der Waals surface area contributed by atoms with E-state index in [0.29, 0.717) is 22.4 Å². The van der Waals surface area contributed by atoms with Crippen LogP contribution in [0.15, 0.2) is 48.5 Å². The van der Waals surface area contributed by atoms with Crippen molar-refractivity contribution in [1.82, 2.24) is 0 Å². The van der Waals surface area contributed by atoms with E-state index in [1.807, 2.05) is 35.7 Å². The molecule has 0 atom stereocenters. The summed E-state index contributed by atoms with van der Waals surface area (Å²) in [5.41, 5.74) is 2.17. The van der Waals surface area contributed by atoms with Crippen molar-refractivity contribution in [1.29, 1.82) is 0 Å². The second-order valence-electron chi connectivity index (χ2n) is 5.89. The lowest BCUT2D eigenvalue weighted by Crippen LogP contribution is -2.34. The SMILES string of the molecule is CCN(C(=O)COC(=O)c1ccc(C2SCCS2)cc1)c1ccc(F)cc1. The van der Waals surface area contributed by atoms with Gasteiger partial charge in [0.25, 0.3) is 5.91 Å². The minimum absolute atomic E-state index is 0.354. The van der Waals surface area contributed by atoms with Gasteiger partial charge < -0.3 is 9.64 Å². The molecule has 0 radical (unpaired) electrons. The molecule has 1 amide bonds. The Kier molecular flexibility index (Phi) is 6.79. The average Bonchev–Trinajstić information content (AvgIpc) is 3.23. The van der Waals surface area contributed by atoms with Crippen molar-refractivity contribution in [2.24, 2.45) is 0 Å². The molecule has 142 valence electrons. The van der Waals surface area contributed by atoms with Crippen molar-refractivity contribution in [2.75, 3.05) is 29.6 Å². The van der Waals surface area contributed by atoms with Crippen molar-refractivity contribution in [3.05, 3.63) is 65.5 Å². The molecule has 2 aromatic rings. The maximum Gasteiger partial charge on any atom is 0.338 e. The van der Waals surface area contributed by atoms with E-state index in [2.05, 4.69) is 0 Å². The molecule has 0 N–H and O–H groups in total. The highest BCUT2D eigenvalue weighted by Crippen LogP contribution is 2.45. The van der Waals surface area contributed by atoms with E-state index in [1.54, 1.807) is 19.1 Å². The van der Waals surface area contributed by atoms with E-state index in [-0.39, 0.29) is 18.3 Å². The van der Waals surface area contributed by atoms with Crippen LogP contribution in [0.1, 0.15) is 27.4 Å². The summed E-state index contributed by atoms with van der Waals surface area (Å²) in [5.74, 6) is 1.03. The predicted octanol–water partition coefficient (Wildman–Crippen LogP) is 4.51. The Hall–Kier alpha value is -1.99. The fourth-order valence-electron chi connectivity index (χ4n) is 2.74. The Labute approximate surface area is 166 Å². The molecule has 27 heavy (non-hydrogen) atoms. The molecule has 1 fully saturated rings. The molecular formula is C20H20FNO3S2. The zero-order valence-electron chi connectivity index (χ0n) is 14.9. The largest absolute Gasteiger partial charge is 0.452 e. The predicted molar refractivity (Wildman–Crippen MR) is 109 cm³/mol. The molecule has 1 aliphatic heterocycles. The molecule has 1 aliphatic rings. The third kappa shape index (κ3) is 5.05. The van der Waals surface area contributed by atoms with Gasteiger partial charge in [-0.15, -0.1) is 23.5 Å². The van der Waals surface area contributed by atoms with Gasteiger partial charge in [0.05, 0.1) is 10.1 Å². The number of ether oxygens (including phenoxy) is 1. The van der Waals surface area contributed by atoms with Gasteiger partial charge in [0, 0.05) is 23.7 Å². The van der Waals surface area contributed by atoms with Crippen molar-refractivity contribution in [3.8, 4) is 0 Å². The zero-order valence-corrected chi connectivity index (χ0v) is 16.5. The third-order valence-electron chi connectivity index (χ3n) is 4.12. The smallest absolute Gasteiger partial charge is 0.338 e. The molecule has 0 aliphatic carbocycles. The van der Waals surface area contributed by atoms with Crippen LogP contribution in [0.3, 0.4) is 0 Å². The first-order valence-electron chi connectivity index (χ1n) is 8.64. The first kappa shape index (κ1) is 19.8. The van der Waals surface area contributed by atoms with Crippen molar-refractivity contribution < 1.29 is 18.7 Å². The number of anilines is 1. The second-order valence-corrected chi connectivity index (χ2v) is 8.61. The van der Waals surface area contributed by atoms with Gasteiger partial charge in [-0.1, -0.05) is 12.1 Å². The zero-order chi connectivity index (χ0) is 19.2. The lowest BCUT2D eigenvalue weighted by molar-refractivity contribution is -0.121. The average molecular weight is 406 g/mol. The Balaban J connectivity index is 1.57. The van der Waals surface area contributed by atoms with Crippen LogP contribution in [-0.2, 0) is 9.53 Å². The highest BCUT2D eigenvalue weighted by atomic mass is 32.2. The molecule has 4 nitrogen and oxygen atoms in total. The fourth-order valence-corrected chi connectivity index (χ4v) is 5.60. The van der Waals surface area contributed by atoms with E-state index in [9.17, 15) is 14.0 Å². The molecule has 7 heteroatoms. The number of carbonyl (C=O) groups is 2. The van der Waals surface area contributed by atoms with E-state index in [0.717, 1.165) is 11.5 Å². The summed E-state index contributed by atoms with van der Waals surface area (Å²) in [7, 11) is 0. The van der Waals surface area contributed by atoms with E-state index < -0.39 is 5.97 Å².